The summed E-state index contributed by atoms with van der Waals surface area (Å²) < 4.78 is 30.7. The van der Waals surface area contributed by atoms with Crippen molar-refractivity contribution in [1.29, 1.82) is 5.26 Å². The van der Waals surface area contributed by atoms with Gasteiger partial charge >= 0.3 is 5.97 Å². The van der Waals surface area contributed by atoms with Crippen LogP contribution in [-0.4, -0.2) is 43.6 Å². The molecule has 1 heterocycles. The van der Waals surface area contributed by atoms with E-state index < -0.39 is 21.2 Å². The Morgan fingerprint density at radius 1 is 1.53 bits per heavy atom. The molecule has 7 heteroatoms. The van der Waals surface area contributed by atoms with Gasteiger partial charge in [-0.2, -0.15) is 9.57 Å². The molecule has 2 unspecified atom stereocenters. The number of carbonyl (C=O) groups is 1. The third kappa shape index (κ3) is 3.67. The number of piperidine rings is 1. The number of methoxy groups -OCH3 is 1. The summed E-state index contributed by atoms with van der Waals surface area (Å²) in [5.74, 6) is -0.419. The van der Waals surface area contributed by atoms with E-state index in [0.717, 1.165) is 12.8 Å². The Balaban J connectivity index is 2.93. The Kier molecular flexibility index (Phi) is 5.76. The van der Waals surface area contributed by atoms with Gasteiger partial charge < -0.3 is 4.74 Å². The van der Waals surface area contributed by atoms with Gasteiger partial charge in [0.1, 0.15) is 0 Å². The van der Waals surface area contributed by atoms with Gasteiger partial charge in [0.15, 0.2) is 5.25 Å². The molecule has 0 aromatic carbocycles. The van der Waals surface area contributed by atoms with Crippen LogP contribution in [0.5, 0.6) is 0 Å². The first-order valence-electron chi connectivity index (χ1n) is 6.44. The van der Waals surface area contributed by atoms with Crippen molar-refractivity contribution in [3.8, 4) is 6.07 Å². The lowest BCUT2D eigenvalue weighted by Crippen LogP contribution is -2.48. The number of sulfonamides is 1. The van der Waals surface area contributed by atoms with E-state index in [1.165, 1.54) is 11.4 Å². The van der Waals surface area contributed by atoms with Gasteiger partial charge in [0.05, 0.1) is 19.6 Å². The third-order valence-electron chi connectivity index (χ3n) is 3.40. The second kappa shape index (κ2) is 6.87. The molecular weight excluding hydrogens is 268 g/mol. The highest BCUT2D eigenvalue weighted by Crippen LogP contribution is 2.26. The monoisotopic (exact) mass is 288 g/mol. The second-order valence-electron chi connectivity index (χ2n) is 4.61. The third-order valence-corrected chi connectivity index (χ3v) is 5.70. The molecule has 0 radical (unpaired) electrons. The summed E-state index contributed by atoms with van der Waals surface area (Å²) in [4.78, 5) is 11.4. The van der Waals surface area contributed by atoms with E-state index in [9.17, 15) is 13.2 Å². The molecule has 2 atom stereocenters. The maximum Gasteiger partial charge on any atom is 0.307 e. The number of ether oxygens (including phenoxy) is 1. The topological polar surface area (TPSA) is 87.5 Å². The molecule has 0 aromatic heterocycles. The van der Waals surface area contributed by atoms with E-state index >= 15 is 0 Å². The minimum Gasteiger partial charge on any atom is -0.469 e. The van der Waals surface area contributed by atoms with Gasteiger partial charge in [0.2, 0.25) is 10.0 Å². The zero-order chi connectivity index (χ0) is 14.5. The Labute approximate surface area is 114 Å². The van der Waals surface area contributed by atoms with Gasteiger partial charge in [0.25, 0.3) is 0 Å². The number of hydrogen-bond acceptors (Lipinski definition) is 5. The minimum absolute atomic E-state index is 0.0532. The Hall–Kier alpha value is -1.13. The first kappa shape index (κ1) is 15.9. The van der Waals surface area contributed by atoms with E-state index in [1.807, 2.05) is 6.07 Å². The van der Waals surface area contributed by atoms with Gasteiger partial charge in [-0.1, -0.05) is 13.3 Å². The molecule has 1 aliphatic heterocycles. The van der Waals surface area contributed by atoms with Gasteiger partial charge in [-0.05, 0) is 19.3 Å². The molecule has 6 nitrogen and oxygen atoms in total. The van der Waals surface area contributed by atoms with Gasteiger partial charge in [-0.25, -0.2) is 8.42 Å². The molecule has 0 aliphatic carbocycles. The van der Waals surface area contributed by atoms with Crippen LogP contribution < -0.4 is 0 Å². The van der Waals surface area contributed by atoms with E-state index in [-0.39, 0.29) is 18.9 Å². The lowest BCUT2D eigenvalue weighted by Gasteiger charge is -2.35. The first-order chi connectivity index (χ1) is 8.97. The predicted octanol–water partition coefficient (Wildman–Crippen LogP) is 1.04. The van der Waals surface area contributed by atoms with Crippen molar-refractivity contribution < 1.29 is 17.9 Å². The molecule has 1 saturated heterocycles. The van der Waals surface area contributed by atoms with Crippen molar-refractivity contribution in [3.63, 3.8) is 0 Å². The van der Waals surface area contributed by atoms with Crippen LogP contribution in [0.3, 0.4) is 0 Å². The Bertz CT molecular complexity index is 455. The highest BCUT2D eigenvalue weighted by molar-refractivity contribution is 7.90. The van der Waals surface area contributed by atoms with Crippen LogP contribution >= 0.6 is 0 Å². The zero-order valence-electron chi connectivity index (χ0n) is 11.3. The van der Waals surface area contributed by atoms with E-state index in [2.05, 4.69) is 4.74 Å². The molecule has 0 amide bonds. The maximum absolute atomic E-state index is 12.4. The van der Waals surface area contributed by atoms with E-state index in [1.54, 1.807) is 6.92 Å². The molecule has 0 aromatic rings. The molecule has 0 bridgehead atoms. The molecular formula is C12H20N2O4S. The number of nitriles is 1. The van der Waals surface area contributed by atoms with Crippen LogP contribution in [0.25, 0.3) is 0 Å². The quantitative estimate of drug-likeness (QED) is 0.705. The van der Waals surface area contributed by atoms with Crippen molar-refractivity contribution in [2.24, 2.45) is 0 Å². The SMILES string of the molecule is CCC(C#N)S(=O)(=O)N1CCCCC1CC(=O)OC. The summed E-state index contributed by atoms with van der Waals surface area (Å²) in [6.07, 6.45) is 2.59. The predicted molar refractivity (Wildman–Crippen MR) is 69.6 cm³/mol. The smallest absolute Gasteiger partial charge is 0.307 e. The fraction of sp³-hybridized carbons (Fsp3) is 0.833. The van der Waals surface area contributed by atoms with Gasteiger partial charge in [-0.3, -0.25) is 4.79 Å². The number of esters is 1. The average Bonchev–Trinajstić information content (AvgIpc) is 2.40. The minimum atomic E-state index is -3.66. The van der Waals surface area contributed by atoms with Crippen molar-refractivity contribution in [1.82, 2.24) is 4.31 Å². The molecule has 1 rings (SSSR count). The zero-order valence-corrected chi connectivity index (χ0v) is 12.1. The molecule has 1 aliphatic rings. The standard InChI is InChI=1S/C12H20N2O4S/c1-3-11(9-13)19(16,17)14-7-5-4-6-10(14)8-12(15)18-2/h10-11H,3-8H2,1-2H3. The largest absolute Gasteiger partial charge is 0.469 e. The van der Waals surface area contributed by atoms with Gasteiger partial charge in [0, 0.05) is 12.6 Å². The summed E-state index contributed by atoms with van der Waals surface area (Å²) >= 11 is 0. The number of nitrogens with zero attached hydrogens (tertiary/aromatic N) is 2. The fourth-order valence-corrected chi connectivity index (χ4v) is 4.18. The van der Waals surface area contributed by atoms with Crippen molar-refractivity contribution >= 4 is 16.0 Å². The van der Waals surface area contributed by atoms with Crippen LogP contribution in [-0.2, 0) is 19.6 Å². The maximum atomic E-state index is 12.4. The van der Waals surface area contributed by atoms with Crippen LogP contribution in [0.15, 0.2) is 0 Å². The van der Waals surface area contributed by atoms with E-state index in [0.29, 0.717) is 13.0 Å². The summed E-state index contributed by atoms with van der Waals surface area (Å²) in [6, 6.07) is 1.45. The number of rotatable bonds is 5. The van der Waals surface area contributed by atoms with Crippen molar-refractivity contribution in [3.05, 3.63) is 0 Å². The molecule has 1 fully saturated rings. The molecule has 0 N–H and O–H groups in total. The molecule has 0 saturated carbocycles. The Morgan fingerprint density at radius 2 is 2.21 bits per heavy atom. The summed E-state index contributed by atoms with van der Waals surface area (Å²) in [5, 5.41) is 7.92. The molecule has 108 valence electrons. The highest BCUT2D eigenvalue weighted by Gasteiger charge is 2.38. The second-order valence-corrected chi connectivity index (χ2v) is 6.68. The fourth-order valence-electron chi connectivity index (χ4n) is 2.32. The Morgan fingerprint density at radius 3 is 2.74 bits per heavy atom. The number of hydrogen-bond donors (Lipinski definition) is 0. The first-order valence-corrected chi connectivity index (χ1v) is 7.94. The van der Waals surface area contributed by atoms with Crippen LogP contribution in [0.1, 0.15) is 39.0 Å². The molecule has 0 spiro atoms. The van der Waals surface area contributed by atoms with Crippen LogP contribution in [0.2, 0.25) is 0 Å². The highest BCUT2D eigenvalue weighted by atomic mass is 32.2. The van der Waals surface area contributed by atoms with Crippen molar-refractivity contribution in [2.45, 2.75) is 50.3 Å². The summed E-state index contributed by atoms with van der Waals surface area (Å²) in [6.45, 7) is 2.05. The normalized spacial score (nSPS) is 22.5. The van der Waals surface area contributed by atoms with Crippen molar-refractivity contribution in [2.75, 3.05) is 13.7 Å². The van der Waals surface area contributed by atoms with Crippen LogP contribution in [0.4, 0.5) is 0 Å². The van der Waals surface area contributed by atoms with Gasteiger partial charge in [-0.15, -0.1) is 0 Å². The summed E-state index contributed by atoms with van der Waals surface area (Å²) in [5.41, 5.74) is 0. The lowest BCUT2D eigenvalue weighted by molar-refractivity contribution is -0.141. The lowest BCUT2D eigenvalue weighted by atomic mass is 10.0. The number of carbonyl (C=O) groups excluding carboxylic acids is 1. The van der Waals surface area contributed by atoms with Crippen LogP contribution in [0, 0.1) is 11.3 Å². The van der Waals surface area contributed by atoms with E-state index in [4.69, 9.17) is 5.26 Å². The molecule has 19 heavy (non-hydrogen) atoms. The summed E-state index contributed by atoms with van der Waals surface area (Å²) in [7, 11) is -2.38. The average molecular weight is 288 g/mol.